The molecule has 0 aliphatic carbocycles. The molecule has 2 aromatic heterocycles. The summed E-state index contributed by atoms with van der Waals surface area (Å²) >= 11 is 0. The molecule has 250 valence electrons. The summed E-state index contributed by atoms with van der Waals surface area (Å²) in [6.45, 7) is 31.6. The summed E-state index contributed by atoms with van der Waals surface area (Å²) in [4.78, 5) is 14.8. The fraction of sp³-hybridized carbons (Fsp3) is 0.0233. The van der Waals surface area contributed by atoms with Crippen LogP contribution < -0.4 is 0 Å². The molecule has 2 heterocycles. The quantitative estimate of drug-likeness (QED) is 0.172. The number of alkyl halides is 3. The van der Waals surface area contributed by atoms with Crippen LogP contribution in [0.25, 0.3) is 85.5 Å². The van der Waals surface area contributed by atoms with Crippen LogP contribution in [0.3, 0.4) is 0 Å². The summed E-state index contributed by atoms with van der Waals surface area (Å²) < 4.78 is 45.0. The van der Waals surface area contributed by atoms with Crippen LogP contribution in [-0.4, -0.2) is 9.13 Å². The molecule has 0 saturated carbocycles. The SMILES string of the molecule is [C-]#[N+]c1ccc2c3ccc(C#N)cc3n(-c3cc([N+]#[C-])c(-c4ccc(C(F)(F)F)cc4C#N)cc3-n3c4cc([N+]#[C-])ccc4c4ccc([N+]#[C-])cc43)c2c1. The van der Waals surface area contributed by atoms with Crippen molar-refractivity contribution in [2.75, 3.05) is 0 Å². The van der Waals surface area contributed by atoms with Crippen molar-refractivity contribution in [3.05, 3.63) is 165 Å². The smallest absolute Gasteiger partial charge is 0.310 e. The van der Waals surface area contributed by atoms with Gasteiger partial charge in [-0.2, -0.15) is 23.7 Å². The number of nitrogens with zero attached hydrogens (tertiary/aromatic N) is 8. The zero-order chi connectivity index (χ0) is 37.9. The van der Waals surface area contributed by atoms with Crippen LogP contribution in [0.2, 0.25) is 0 Å². The maximum Gasteiger partial charge on any atom is 0.416 e. The van der Waals surface area contributed by atoms with E-state index in [1.165, 1.54) is 6.07 Å². The predicted octanol–water partition coefficient (Wildman–Crippen LogP) is 12.5. The van der Waals surface area contributed by atoms with E-state index in [0.29, 0.717) is 56.1 Å². The van der Waals surface area contributed by atoms with Crippen molar-refractivity contribution in [3.8, 4) is 34.6 Å². The maximum absolute atomic E-state index is 13.8. The molecule has 0 aliphatic rings. The molecule has 8 aromatic rings. The second-order valence-electron chi connectivity index (χ2n) is 12.3. The number of halogens is 3. The van der Waals surface area contributed by atoms with Gasteiger partial charge in [0.15, 0.2) is 22.7 Å². The largest absolute Gasteiger partial charge is 0.416 e. The van der Waals surface area contributed by atoms with Crippen molar-refractivity contribution in [1.29, 1.82) is 10.5 Å². The predicted molar refractivity (Wildman–Crippen MR) is 200 cm³/mol. The van der Waals surface area contributed by atoms with Crippen LogP contribution in [0.4, 0.5) is 35.9 Å². The van der Waals surface area contributed by atoms with E-state index in [2.05, 4.69) is 25.4 Å². The van der Waals surface area contributed by atoms with Crippen LogP contribution in [0.5, 0.6) is 0 Å². The highest BCUT2D eigenvalue weighted by Gasteiger charge is 2.32. The van der Waals surface area contributed by atoms with Crippen LogP contribution >= 0.6 is 0 Å². The molecule has 0 saturated heterocycles. The Hall–Kier alpha value is -8.35. The van der Waals surface area contributed by atoms with E-state index in [1.807, 2.05) is 21.3 Å². The lowest BCUT2D eigenvalue weighted by Crippen LogP contribution is -2.06. The van der Waals surface area contributed by atoms with E-state index >= 15 is 0 Å². The molecule has 0 aliphatic heterocycles. The number of fused-ring (bicyclic) bond motifs is 6. The molecular formula is C43H17F3N8. The molecule has 6 aromatic carbocycles. The second-order valence-corrected chi connectivity index (χ2v) is 12.3. The van der Waals surface area contributed by atoms with Gasteiger partial charge in [0, 0.05) is 38.1 Å². The van der Waals surface area contributed by atoms with E-state index in [0.717, 1.165) is 33.7 Å². The van der Waals surface area contributed by atoms with Gasteiger partial charge in [0.1, 0.15) is 0 Å². The minimum absolute atomic E-state index is 0.0160. The standard InChI is InChI=1S/C43H17F3N8/c1-49-27-7-12-32-31-10-5-24(22-47)15-37(31)53(38(32)17-27)42-21-36(52-4)35(30-11-6-26(43(44,45)46)16-25(30)23-48)20-41(42)54-39-18-28(50-2)8-13-33(39)34-14-9-29(51-3)19-40(34)54/h5-21H. The van der Waals surface area contributed by atoms with E-state index in [9.17, 15) is 23.7 Å². The van der Waals surface area contributed by atoms with Gasteiger partial charge in [-0.25, -0.2) is 19.4 Å². The summed E-state index contributed by atoms with van der Waals surface area (Å²) in [5, 5.41) is 23.0. The Morgan fingerprint density at radius 3 is 1.43 bits per heavy atom. The number of hydrogen-bond donors (Lipinski definition) is 0. The first-order valence-corrected chi connectivity index (χ1v) is 16.0. The van der Waals surface area contributed by atoms with Gasteiger partial charge in [-0.1, -0.05) is 48.5 Å². The normalized spacial score (nSPS) is 11.1. The Balaban J connectivity index is 1.61. The monoisotopic (exact) mass is 702 g/mol. The first kappa shape index (κ1) is 32.8. The van der Waals surface area contributed by atoms with Crippen molar-refractivity contribution < 1.29 is 13.2 Å². The van der Waals surface area contributed by atoms with Crippen LogP contribution in [0, 0.1) is 49.0 Å². The molecule has 0 N–H and O–H groups in total. The number of aromatic nitrogens is 2. The summed E-state index contributed by atoms with van der Waals surface area (Å²) in [6.07, 6.45) is -4.71. The fourth-order valence-electron chi connectivity index (χ4n) is 7.08. The number of nitriles is 2. The lowest BCUT2D eigenvalue weighted by Gasteiger charge is -2.20. The van der Waals surface area contributed by atoms with Crippen LogP contribution in [-0.2, 0) is 6.18 Å². The van der Waals surface area contributed by atoms with Crippen molar-refractivity contribution in [1.82, 2.24) is 9.13 Å². The molecule has 0 bridgehead atoms. The third-order valence-electron chi connectivity index (χ3n) is 9.45. The van der Waals surface area contributed by atoms with Gasteiger partial charge >= 0.3 is 6.18 Å². The molecule has 0 radical (unpaired) electrons. The molecule has 0 spiro atoms. The molecule has 8 rings (SSSR count). The highest BCUT2D eigenvalue weighted by atomic mass is 19.4. The molecule has 0 unspecified atom stereocenters. The fourth-order valence-corrected chi connectivity index (χ4v) is 7.08. The minimum Gasteiger partial charge on any atom is -0.310 e. The average Bonchev–Trinajstić information content (AvgIpc) is 3.70. The summed E-state index contributed by atoms with van der Waals surface area (Å²) in [7, 11) is 0. The maximum atomic E-state index is 13.8. The van der Waals surface area contributed by atoms with Gasteiger partial charge in [-0.05, 0) is 65.7 Å². The molecule has 11 heteroatoms. The highest BCUT2D eigenvalue weighted by molar-refractivity contribution is 6.13. The molecule has 0 amide bonds. The number of rotatable bonds is 3. The second kappa shape index (κ2) is 12.2. The van der Waals surface area contributed by atoms with Gasteiger partial charge in [-0.15, -0.1) is 0 Å². The number of benzene rings is 6. The van der Waals surface area contributed by atoms with Gasteiger partial charge in [0.2, 0.25) is 0 Å². The first-order valence-electron chi connectivity index (χ1n) is 16.0. The zero-order valence-electron chi connectivity index (χ0n) is 27.5. The van der Waals surface area contributed by atoms with Crippen molar-refractivity contribution >= 4 is 66.4 Å². The van der Waals surface area contributed by atoms with E-state index in [-0.39, 0.29) is 22.4 Å². The highest BCUT2D eigenvalue weighted by Crippen LogP contribution is 2.45. The Labute approximate surface area is 304 Å². The Morgan fingerprint density at radius 2 is 0.981 bits per heavy atom. The minimum atomic E-state index is -4.71. The van der Waals surface area contributed by atoms with E-state index in [1.54, 1.807) is 78.9 Å². The third-order valence-corrected chi connectivity index (χ3v) is 9.45. The van der Waals surface area contributed by atoms with Gasteiger partial charge < -0.3 is 9.13 Å². The third kappa shape index (κ3) is 4.95. The summed E-state index contributed by atoms with van der Waals surface area (Å²) in [5.41, 5.74) is 3.38. The lowest BCUT2D eigenvalue weighted by atomic mass is 9.95. The number of hydrogen-bond acceptors (Lipinski definition) is 2. The van der Waals surface area contributed by atoms with E-state index < -0.39 is 11.7 Å². The van der Waals surface area contributed by atoms with Gasteiger partial charge in [0.05, 0.1) is 72.0 Å². The molecule has 8 nitrogen and oxygen atoms in total. The van der Waals surface area contributed by atoms with Crippen LogP contribution in [0.1, 0.15) is 16.7 Å². The zero-order valence-corrected chi connectivity index (χ0v) is 27.5. The average molecular weight is 703 g/mol. The molecule has 0 atom stereocenters. The van der Waals surface area contributed by atoms with Crippen molar-refractivity contribution in [2.24, 2.45) is 0 Å². The van der Waals surface area contributed by atoms with Crippen molar-refractivity contribution in [2.45, 2.75) is 6.18 Å². The van der Waals surface area contributed by atoms with E-state index in [4.69, 9.17) is 26.3 Å². The van der Waals surface area contributed by atoms with Gasteiger partial charge in [-0.3, -0.25) is 0 Å². The topological polar surface area (TPSA) is 74.9 Å². The Bertz CT molecular complexity index is 3090. The summed E-state index contributed by atoms with van der Waals surface area (Å²) in [5.74, 6) is 0. The first-order chi connectivity index (χ1) is 26.1. The van der Waals surface area contributed by atoms with Crippen LogP contribution in [0.15, 0.2) is 103 Å². The summed E-state index contributed by atoms with van der Waals surface area (Å²) in [6, 6.07) is 30.8. The molecule has 54 heavy (non-hydrogen) atoms. The molecule has 0 fully saturated rings. The lowest BCUT2D eigenvalue weighted by molar-refractivity contribution is -0.137. The van der Waals surface area contributed by atoms with Gasteiger partial charge in [0.25, 0.3) is 0 Å². The Kier molecular flexibility index (Phi) is 7.39. The molecular weight excluding hydrogens is 686 g/mol. The Morgan fingerprint density at radius 1 is 0.500 bits per heavy atom. The van der Waals surface area contributed by atoms with Crippen molar-refractivity contribution in [3.63, 3.8) is 0 Å².